The van der Waals surface area contributed by atoms with Crippen LogP contribution in [0.5, 0.6) is 0 Å². The van der Waals surface area contributed by atoms with Gasteiger partial charge < -0.3 is 10.1 Å². The summed E-state index contributed by atoms with van der Waals surface area (Å²) in [6.07, 6.45) is -1.23. The lowest BCUT2D eigenvalue weighted by molar-refractivity contribution is -0.384. The van der Waals surface area contributed by atoms with Gasteiger partial charge in [-0.15, -0.1) is 0 Å². The molecule has 7 nitrogen and oxygen atoms in total. The maximum Gasteiger partial charge on any atom is 0.339 e. The van der Waals surface area contributed by atoms with Crippen molar-refractivity contribution in [3.05, 3.63) is 69.0 Å². The molecule has 2 aromatic carbocycles. The zero-order chi connectivity index (χ0) is 18.6. The summed E-state index contributed by atoms with van der Waals surface area (Å²) in [6.45, 7) is 1.30. The Kier molecular flexibility index (Phi) is 5.66. The van der Waals surface area contributed by atoms with Gasteiger partial charge in [0.15, 0.2) is 6.10 Å². The first kappa shape index (κ1) is 18.3. The molecule has 130 valence electrons. The lowest BCUT2D eigenvalue weighted by Gasteiger charge is -2.14. The molecule has 0 aliphatic carbocycles. The highest BCUT2D eigenvalue weighted by molar-refractivity contribution is 6.33. The third kappa shape index (κ3) is 4.74. The van der Waals surface area contributed by atoms with Crippen LogP contribution in [0.4, 0.5) is 15.8 Å². The fourth-order valence-corrected chi connectivity index (χ4v) is 2.02. The van der Waals surface area contributed by atoms with Gasteiger partial charge in [-0.1, -0.05) is 17.7 Å². The van der Waals surface area contributed by atoms with Crippen molar-refractivity contribution in [2.75, 3.05) is 5.32 Å². The fourth-order valence-electron chi connectivity index (χ4n) is 1.85. The molecule has 0 aliphatic heterocycles. The molecule has 1 N–H and O–H groups in total. The largest absolute Gasteiger partial charge is 0.449 e. The van der Waals surface area contributed by atoms with Gasteiger partial charge in [-0.3, -0.25) is 14.9 Å². The summed E-state index contributed by atoms with van der Waals surface area (Å²) in [7, 11) is 0. The molecule has 1 amide bonds. The summed E-state index contributed by atoms with van der Waals surface area (Å²) < 4.78 is 18.1. The summed E-state index contributed by atoms with van der Waals surface area (Å²) in [5.74, 6) is -2.24. The summed E-state index contributed by atoms with van der Waals surface area (Å²) in [6, 6.07) is 8.35. The highest BCUT2D eigenvalue weighted by Gasteiger charge is 2.21. The lowest BCUT2D eigenvalue weighted by atomic mass is 10.2. The number of rotatable bonds is 5. The number of hydrogen-bond acceptors (Lipinski definition) is 5. The number of carbonyl (C=O) groups excluding carboxylic acids is 2. The van der Waals surface area contributed by atoms with Crippen molar-refractivity contribution in [2.24, 2.45) is 0 Å². The molecular formula is C16H12ClFN2O5. The van der Waals surface area contributed by atoms with E-state index in [9.17, 15) is 24.1 Å². The Morgan fingerprint density at radius 1 is 1.28 bits per heavy atom. The molecule has 9 heteroatoms. The first-order chi connectivity index (χ1) is 11.8. The highest BCUT2D eigenvalue weighted by Crippen LogP contribution is 2.26. The maximum atomic E-state index is 13.1. The van der Waals surface area contributed by atoms with Crippen LogP contribution in [0.3, 0.4) is 0 Å². The van der Waals surface area contributed by atoms with E-state index in [0.717, 1.165) is 18.2 Å². The van der Waals surface area contributed by atoms with E-state index < -0.39 is 28.7 Å². The van der Waals surface area contributed by atoms with Crippen LogP contribution in [0, 0.1) is 15.9 Å². The Morgan fingerprint density at radius 2 is 2.00 bits per heavy atom. The van der Waals surface area contributed by atoms with Gasteiger partial charge in [0.25, 0.3) is 11.6 Å². The van der Waals surface area contributed by atoms with E-state index in [4.69, 9.17) is 16.3 Å². The first-order valence-electron chi connectivity index (χ1n) is 6.99. The summed E-state index contributed by atoms with van der Waals surface area (Å²) >= 11 is 5.88. The Morgan fingerprint density at radius 3 is 2.64 bits per heavy atom. The standard InChI is InChI=1S/C16H12ClFN2O5/c1-9(25-16(22)10-3-2-4-11(18)7-10)15(21)19-14-8-12(20(23)24)5-6-13(14)17/h2-9H,1H3,(H,19,21)/t9-/m1/s1. The number of nitrogens with one attached hydrogen (secondary N) is 1. The number of esters is 1. The Balaban J connectivity index is 2.07. The zero-order valence-corrected chi connectivity index (χ0v) is 13.6. The lowest BCUT2D eigenvalue weighted by Crippen LogP contribution is -2.30. The Hall–Kier alpha value is -3.00. The first-order valence-corrected chi connectivity index (χ1v) is 7.37. The van der Waals surface area contributed by atoms with Crippen LogP contribution < -0.4 is 5.32 Å². The minimum atomic E-state index is -1.23. The SMILES string of the molecule is C[C@@H](OC(=O)c1cccc(F)c1)C(=O)Nc1cc([N+](=O)[O-])ccc1Cl. The van der Waals surface area contributed by atoms with Gasteiger partial charge in [0, 0.05) is 12.1 Å². The van der Waals surface area contributed by atoms with Gasteiger partial charge in [-0.05, 0) is 31.2 Å². The molecule has 0 radical (unpaired) electrons. The third-order valence-electron chi connectivity index (χ3n) is 3.13. The van der Waals surface area contributed by atoms with Crippen LogP contribution >= 0.6 is 11.6 Å². The summed E-state index contributed by atoms with van der Waals surface area (Å²) in [5.41, 5.74) is -0.299. The number of non-ortho nitro benzene ring substituents is 1. The second-order valence-electron chi connectivity index (χ2n) is 4.97. The topological polar surface area (TPSA) is 98.5 Å². The monoisotopic (exact) mass is 366 g/mol. The van der Waals surface area contributed by atoms with Gasteiger partial charge in [0.05, 0.1) is 21.2 Å². The van der Waals surface area contributed by atoms with Crippen molar-refractivity contribution >= 4 is 34.9 Å². The summed E-state index contributed by atoms with van der Waals surface area (Å²) in [5, 5.41) is 13.2. The molecule has 2 aromatic rings. The van der Waals surface area contributed by atoms with Crippen LogP contribution in [0.15, 0.2) is 42.5 Å². The highest BCUT2D eigenvalue weighted by atomic mass is 35.5. The number of carbonyl (C=O) groups is 2. The molecule has 0 spiro atoms. The number of nitro benzene ring substituents is 1. The quantitative estimate of drug-likeness (QED) is 0.495. The molecule has 0 unspecified atom stereocenters. The Bertz CT molecular complexity index is 843. The van der Waals surface area contributed by atoms with E-state index in [1.165, 1.54) is 31.2 Å². The Labute approximate surface area is 146 Å². The van der Waals surface area contributed by atoms with E-state index in [1.807, 2.05) is 0 Å². The number of anilines is 1. The minimum Gasteiger partial charge on any atom is -0.449 e. The van der Waals surface area contributed by atoms with Crippen molar-refractivity contribution in [1.29, 1.82) is 0 Å². The van der Waals surface area contributed by atoms with Crippen LogP contribution in [-0.4, -0.2) is 22.9 Å². The molecule has 0 saturated carbocycles. The normalized spacial score (nSPS) is 11.5. The molecular weight excluding hydrogens is 355 g/mol. The summed E-state index contributed by atoms with van der Waals surface area (Å²) in [4.78, 5) is 34.1. The van der Waals surface area contributed by atoms with Crippen LogP contribution in [0.2, 0.25) is 5.02 Å². The second kappa shape index (κ2) is 7.71. The van der Waals surface area contributed by atoms with Crippen molar-refractivity contribution in [1.82, 2.24) is 0 Å². The number of amides is 1. The molecule has 0 aliphatic rings. The fraction of sp³-hybridized carbons (Fsp3) is 0.125. The minimum absolute atomic E-state index is 0.00882. The predicted octanol–water partition coefficient (Wildman–Crippen LogP) is 3.57. The molecule has 0 heterocycles. The number of nitrogens with zero attached hydrogens (tertiary/aromatic N) is 1. The average Bonchev–Trinajstić information content (AvgIpc) is 2.56. The molecule has 25 heavy (non-hydrogen) atoms. The average molecular weight is 367 g/mol. The van der Waals surface area contributed by atoms with Crippen molar-refractivity contribution in [3.63, 3.8) is 0 Å². The van der Waals surface area contributed by atoms with Crippen molar-refractivity contribution in [3.8, 4) is 0 Å². The van der Waals surface area contributed by atoms with Gasteiger partial charge in [0.1, 0.15) is 5.82 Å². The molecule has 0 aromatic heterocycles. The maximum absolute atomic E-state index is 13.1. The van der Waals surface area contributed by atoms with E-state index in [2.05, 4.69) is 5.32 Å². The zero-order valence-electron chi connectivity index (χ0n) is 12.9. The van der Waals surface area contributed by atoms with Gasteiger partial charge in [0.2, 0.25) is 0 Å². The number of nitro groups is 1. The van der Waals surface area contributed by atoms with E-state index >= 15 is 0 Å². The van der Waals surface area contributed by atoms with Crippen LogP contribution in [0.1, 0.15) is 17.3 Å². The van der Waals surface area contributed by atoms with Gasteiger partial charge in [-0.2, -0.15) is 0 Å². The van der Waals surface area contributed by atoms with Crippen LogP contribution in [-0.2, 0) is 9.53 Å². The molecule has 0 fully saturated rings. The number of benzene rings is 2. The van der Waals surface area contributed by atoms with Crippen molar-refractivity contribution < 1.29 is 23.6 Å². The molecule has 1 atom stereocenters. The van der Waals surface area contributed by atoms with Gasteiger partial charge >= 0.3 is 5.97 Å². The van der Waals surface area contributed by atoms with E-state index in [1.54, 1.807) is 0 Å². The number of ether oxygens (including phenoxy) is 1. The van der Waals surface area contributed by atoms with E-state index in [0.29, 0.717) is 0 Å². The van der Waals surface area contributed by atoms with Crippen LogP contribution in [0.25, 0.3) is 0 Å². The molecule has 0 bridgehead atoms. The van der Waals surface area contributed by atoms with E-state index in [-0.39, 0.29) is 22.0 Å². The second-order valence-corrected chi connectivity index (χ2v) is 5.38. The molecule has 2 rings (SSSR count). The predicted molar refractivity (Wildman–Crippen MR) is 88.0 cm³/mol. The third-order valence-corrected chi connectivity index (χ3v) is 3.46. The van der Waals surface area contributed by atoms with Crippen molar-refractivity contribution in [2.45, 2.75) is 13.0 Å². The van der Waals surface area contributed by atoms with Gasteiger partial charge in [-0.25, -0.2) is 9.18 Å². The smallest absolute Gasteiger partial charge is 0.339 e. The number of hydrogen-bond donors (Lipinski definition) is 1. The number of halogens is 2. The molecule has 0 saturated heterocycles.